The summed E-state index contributed by atoms with van der Waals surface area (Å²) in [5.41, 5.74) is 5.25. The molecule has 0 aliphatic heterocycles. The number of aliphatic carboxylic acids is 1. The molecule has 11 heavy (non-hydrogen) atoms. The monoisotopic (exact) mass is 178 g/mol. The third-order valence-electron chi connectivity index (χ3n) is 1.08. The zero-order chi connectivity index (χ0) is 8.69. The first-order valence-corrected chi connectivity index (χ1v) is 4.47. The van der Waals surface area contributed by atoms with Gasteiger partial charge in [-0.25, -0.2) is 0 Å². The maximum atomic E-state index is 10.3. The molecule has 0 radical (unpaired) electrons. The van der Waals surface area contributed by atoms with Crippen molar-refractivity contribution in [2.45, 2.75) is 19.4 Å². The summed E-state index contributed by atoms with van der Waals surface area (Å²) in [6, 6.07) is -0.488. The molecule has 0 aliphatic rings. The van der Waals surface area contributed by atoms with Gasteiger partial charge < -0.3 is 10.8 Å². The highest BCUT2D eigenvalue weighted by Crippen LogP contribution is 1.97. The van der Waals surface area contributed by atoms with Crippen molar-refractivity contribution in [3.05, 3.63) is 0 Å². The van der Waals surface area contributed by atoms with Gasteiger partial charge in [0.1, 0.15) is 6.04 Å². The zero-order valence-corrected chi connectivity index (χ0v) is 7.36. The quantitative estimate of drug-likeness (QED) is 0.396. The molecule has 0 bridgehead atoms. The molecule has 0 spiro atoms. The molecule has 0 fully saturated rings. The second-order valence-corrected chi connectivity index (χ2v) is 3.10. The molecule has 4 nitrogen and oxygen atoms in total. The fourth-order valence-electron chi connectivity index (χ4n) is 0.390. The van der Waals surface area contributed by atoms with Crippen molar-refractivity contribution in [3.8, 4) is 0 Å². The summed E-state index contributed by atoms with van der Waals surface area (Å²) in [6.45, 7) is 2.26. The predicted octanol–water partition coefficient (Wildman–Crippen LogP) is 0.0461. The third kappa shape index (κ3) is 6.15. The highest BCUT2D eigenvalue weighted by molar-refractivity contribution is 7.97. The smallest absolute Gasteiger partial charge is 0.321 e. The van der Waals surface area contributed by atoms with Crippen LogP contribution in [-0.2, 0) is 4.79 Å². The Balaban J connectivity index is 3.17. The zero-order valence-electron chi connectivity index (χ0n) is 6.54. The average Bonchev–Trinajstić information content (AvgIpc) is 1.97. The molecule has 66 valence electrons. The molecule has 0 saturated heterocycles. The first-order chi connectivity index (χ1) is 5.18. The SMILES string of the molecule is C[C@H](NSCCCN)C(=O)O. The van der Waals surface area contributed by atoms with Crippen molar-refractivity contribution in [1.82, 2.24) is 4.72 Å². The maximum Gasteiger partial charge on any atom is 0.321 e. The van der Waals surface area contributed by atoms with Crippen LogP contribution >= 0.6 is 11.9 Å². The Morgan fingerprint density at radius 2 is 2.45 bits per heavy atom. The van der Waals surface area contributed by atoms with Crippen LogP contribution in [0.1, 0.15) is 13.3 Å². The molecule has 5 heteroatoms. The molecule has 0 aromatic rings. The second-order valence-electron chi connectivity index (χ2n) is 2.17. The Hall–Kier alpha value is -0.260. The van der Waals surface area contributed by atoms with Crippen LogP contribution in [0.4, 0.5) is 0 Å². The van der Waals surface area contributed by atoms with Gasteiger partial charge in [0, 0.05) is 5.75 Å². The van der Waals surface area contributed by atoms with Crippen molar-refractivity contribution in [2.24, 2.45) is 5.73 Å². The van der Waals surface area contributed by atoms with Gasteiger partial charge in [-0.1, -0.05) is 11.9 Å². The van der Waals surface area contributed by atoms with Crippen LogP contribution in [0, 0.1) is 0 Å². The number of hydrogen-bond donors (Lipinski definition) is 3. The Morgan fingerprint density at radius 1 is 1.82 bits per heavy atom. The van der Waals surface area contributed by atoms with Crippen LogP contribution in [0.3, 0.4) is 0 Å². The fraction of sp³-hybridized carbons (Fsp3) is 0.833. The molecular formula is C6H14N2O2S. The van der Waals surface area contributed by atoms with Crippen LogP contribution in [0.25, 0.3) is 0 Å². The number of carboxylic acids is 1. The van der Waals surface area contributed by atoms with Gasteiger partial charge in [0.25, 0.3) is 0 Å². The molecule has 4 N–H and O–H groups in total. The van der Waals surface area contributed by atoms with Gasteiger partial charge >= 0.3 is 5.97 Å². The molecule has 1 atom stereocenters. The van der Waals surface area contributed by atoms with E-state index in [4.69, 9.17) is 10.8 Å². The second kappa shape index (κ2) is 6.45. The van der Waals surface area contributed by atoms with E-state index in [0.717, 1.165) is 12.2 Å². The van der Waals surface area contributed by atoms with E-state index in [1.165, 1.54) is 11.9 Å². The Kier molecular flexibility index (Phi) is 6.30. The molecular weight excluding hydrogens is 164 g/mol. The van der Waals surface area contributed by atoms with Gasteiger partial charge in [-0.05, 0) is 19.9 Å². The van der Waals surface area contributed by atoms with Crippen LogP contribution in [0.15, 0.2) is 0 Å². The molecule has 0 aliphatic carbocycles. The lowest BCUT2D eigenvalue weighted by Crippen LogP contribution is -2.28. The van der Waals surface area contributed by atoms with E-state index in [-0.39, 0.29) is 0 Å². The van der Waals surface area contributed by atoms with Gasteiger partial charge in [-0.15, -0.1) is 0 Å². The lowest BCUT2D eigenvalue weighted by Gasteiger charge is -2.06. The molecule has 0 amide bonds. The van der Waals surface area contributed by atoms with Gasteiger partial charge in [-0.2, -0.15) is 0 Å². The molecule has 0 saturated carbocycles. The maximum absolute atomic E-state index is 10.3. The van der Waals surface area contributed by atoms with Crippen LogP contribution in [0.2, 0.25) is 0 Å². The average molecular weight is 178 g/mol. The summed E-state index contributed by atoms with van der Waals surface area (Å²) in [6.07, 6.45) is 0.907. The molecule has 0 aromatic heterocycles. The molecule has 0 rings (SSSR count). The van der Waals surface area contributed by atoms with Crippen molar-refractivity contribution in [1.29, 1.82) is 0 Å². The van der Waals surface area contributed by atoms with E-state index in [0.29, 0.717) is 6.54 Å². The summed E-state index contributed by atoms with van der Waals surface area (Å²) < 4.78 is 2.78. The highest BCUT2D eigenvalue weighted by Gasteiger charge is 2.08. The largest absolute Gasteiger partial charge is 0.480 e. The summed E-state index contributed by atoms with van der Waals surface area (Å²) in [5, 5.41) is 8.44. The minimum Gasteiger partial charge on any atom is -0.480 e. The van der Waals surface area contributed by atoms with Gasteiger partial charge in [-0.3, -0.25) is 9.52 Å². The van der Waals surface area contributed by atoms with Gasteiger partial charge in [0.05, 0.1) is 0 Å². The Labute approximate surface area is 70.7 Å². The normalized spacial score (nSPS) is 12.9. The summed E-state index contributed by atoms with van der Waals surface area (Å²) in [5.74, 6) is 0.0268. The molecule has 0 aromatic carbocycles. The van der Waals surface area contributed by atoms with E-state index < -0.39 is 12.0 Å². The molecule has 0 unspecified atom stereocenters. The van der Waals surface area contributed by atoms with Crippen molar-refractivity contribution < 1.29 is 9.90 Å². The lowest BCUT2D eigenvalue weighted by atomic mass is 10.4. The van der Waals surface area contributed by atoms with Gasteiger partial charge in [0.2, 0.25) is 0 Å². The Bertz CT molecular complexity index is 121. The van der Waals surface area contributed by atoms with Crippen molar-refractivity contribution in [2.75, 3.05) is 12.3 Å². The molecule has 0 heterocycles. The third-order valence-corrected chi connectivity index (χ3v) is 2.09. The fourth-order valence-corrected chi connectivity index (χ4v) is 1.17. The number of rotatable bonds is 6. The van der Waals surface area contributed by atoms with Crippen LogP contribution in [0.5, 0.6) is 0 Å². The predicted molar refractivity (Wildman–Crippen MR) is 46.4 cm³/mol. The van der Waals surface area contributed by atoms with E-state index in [9.17, 15) is 4.79 Å². The number of carboxylic acid groups (broad SMARTS) is 1. The number of carbonyl (C=O) groups is 1. The summed E-state index contributed by atoms with van der Waals surface area (Å²) >= 11 is 1.40. The number of nitrogens with one attached hydrogen (secondary N) is 1. The number of nitrogens with two attached hydrogens (primary N) is 1. The minimum absolute atomic E-state index is 0.488. The standard InChI is InChI=1S/C6H14N2O2S/c1-5(6(9)10)8-11-4-2-3-7/h5,8H,2-4,7H2,1H3,(H,9,10)/t5-/m0/s1. The lowest BCUT2D eigenvalue weighted by molar-refractivity contribution is -0.138. The first-order valence-electron chi connectivity index (χ1n) is 3.48. The number of hydrogen-bond acceptors (Lipinski definition) is 4. The van der Waals surface area contributed by atoms with E-state index in [2.05, 4.69) is 4.72 Å². The topological polar surface area (TPSA) is 75.3 Å². The van der Waals surface area contributed by atoms with E-state index >= 15 is 0 Å². The Morgan fingerprint density at radius 3 is 2.91 bits per heavy atom. The van der Waals surface area contributed by atoms with Gasteiger partial charge in [0.15, 0.2) is 0 Å². The summed E-state index contributed by atoms with van der Waals surface area (Å²) in [4.78, 5) is 10.3. The van der Waals surface area contributed by atoms with E-state index in [1.54, 1.807) is 6.92 Å². The summed E-state index contributed by atoms with van der Waals surface area (Å²) in [7, 11) is 0. The first kappa shape index (κ1) is 10.7. The highest BCUT2D eigenvalue weighted by atomic mass is 32.2. The van der Waals surface area contributed by atoms with E-state index in [1.807, 2.05) is 0 Å². The van der Waals surface area contributed by atoms with Crippen LogP contribution in [-0.4, -0.2) is 29.4 Å². The van der Waals surface area contributed by atoms with Crippen molar-refractivity contribution >= 4 is 17.9 Å². The van der Waals surface area contributed by atoms with Crippen molar-refractivity contribution in [3.63, 3.8) is 0 Å². The minimum atomic E-state index is -0.828. The van der Waals surface area contributed by atoms with Crippen LogP contribution < -0.4 is 10.5 Å².